The number of halogens is 1. The highest BCUT2D eigenvalue weighted by atomic mass is 32.1. The van der Waals surface area contributed by atoms with Gasteiger partial charge in [-0.2, -0.15) is 5.10 Å². The number of hydrogen-bond donors (Lipinski definition) is 2. The minimum atomic E-state index is -0.538. The lowest BCUT2D eigenvalue weighted by Crippen LogP contribution is -2.27. The molecule has 1 aliphatic carbocycles. The van der Waals surface area contributed by atoms with Crippen LogP contribution < -0.4 is 0 Å². The third-order valence-corrected chi connectivity index (χ3v) is 8.22. The number of carbonyl (C=O) groups excluding carboxylic acids is 1. The monoisotopic (exact) mass is 508 g/mol. The zero-order valence-corrected chi connectivity index (χ0v) is 20.0. The average Bonchev–Trinajstić information content (AvgIpc) is 3.61. The van der Waals surface area contributed by atoms with Crippen molar-refractivity contribution in [3.05, 3.63) is 54.9 Å². The lowest BCUT2D eigenvalue weighted by atomic mass is 9.84. The molecule has 0 spiro atoms. The first-order valence-corrected chi connectivity index (χ1v) is 12.7. The molecule has 2 N–H and O–H groups in total. The quantitative estimate of drug-likeness (QED) is 0.289. The highest BCUT2D eigenvalue weighted by Gasteiger charge is 2.27. The van der Waals surface area contributed by atoms with Crippen molar-refractivity contribution in [2.75, 3.05) is 0 Å². The van der Waals surface area contributed by atoms with Crippen LogP contribution in [0.4, 0.5) is 4.39 Å². The van der Waals surface area contributed by atoms with Crippen molar-refractivity contribution in [2.45, 2.75) is 19.3 Å². The van der Waals surface area contributed by atoms with Crippen LogP contribution in [0.3, 0.4) is 0 Å². The third-order valence-electron chi connectivity index (χ3n) is 7.15. The number of rotatable bonds is 1. The largest absolute Gasteiger partial charge is 0.336 e. The highest BCUT2D eigenvalue weighted by Crippen LogP contribution is 2.33. The van der Waals surface area contributed by atoms with Gasteiger partial charge in [0, 0.05) is 23.7 Å². The van der Waals surface area contributed by atoms with E-state index in [0.717, 1.165) is 34.3 Å². The van der Waals surface area contributed by atoms with Crippen LogP contribution in [-0.2, 0) is 0 Å². The standard InChI is InChI=1S/C26H17FN8OS/c27-20-19-16-11-30-21(20)13-8-14(10-28-9-13)35(26(36)12-2-1-3-12)18-5-4-17(37-18)23-22-15(6-7-29-23)31-25(32-22)24(19)34-33-16/h4-12H,1-3H2,(H,31,32)(H,33,34). The molecule has 37 heavy (non-hydrogen) atoms. The zero-order chi connectivity index (χ0) is 24.7. The summed E-state index contributed by atoms with van der Waals surface area (Å²) < 4.78 is 18.7. The fourth-order valence-electron chi connectivity index (χ4n) is 5.03. The van der Waals surface area contributed by atoms with Crippen LogP contribution in [0.2, 0.25) is 0 Å². The first kappa shape index (κ1) is 20.7. The summed E-state index contributed by atoms with van der Waals surface area (Å²) in [6, 6.07) is 7.47. The summed E-state index contributed by atoms with van der Waals surface area (Å²) in [7, 11) is 0. The Hall–Kier alpha value is -4.51. The SMILES string of the molecule is O=C(C1CCC1)n1c2cncc(c2)c2ncc3[nH]nc(c4nc5c(ccnc5c5ccc1s5)[nH]4)c3c2F. The molecule has 0 atom stereocenters. The number of nitrogens with zero attached hydrogens (tertiary/aromatic N) is 6. The van der Waals surface area contributed by atoms with Gasteiger partial charge in [0.1, 0.15) is 26.9 Å². The Labute approximate surface area is 210 Å². The molecule has 1 saturated carbocycles. The molecule has 180 valence electrons. The van der Waals surface area contributed by atoms with E-state index in [1.807, 2.05) is 18.2 Å². The van der Waals surface area contributed by atoms with E-state index in [2.05, 4.69) is 30.1 Å². The molecular formula is C26H17FN8OS. The Morgan fingerprint density at radius 1 is 1.03 bits per heavy atom. The van der Waals surface area contributed by atoms with Crippen molar-refractivity contribution in [3.8, 4) is 0 Å². The molecule has 1 aliphatic rings. The Balaban J connectivity index is 1.64. The van der Waals surface area contributed by atoms with Crippen molar-refractivity contribution < 1.29 is 9.18 Å². The molecule has 9 nitrogen and oxygen atoms in total. The molecule has 0 amide bonds. The van der Waals surface area contributed by atoms with Crippen LogP contribution in [0.25, 0.3) is 64.6 Å². The van der Waals surface area contributed by atoms with Gasteiger partial charge in [0.2, 0.25) is 5.91 Å². The minimum Gasteiger partial charge on any atom is -0.336 e. The summed E-state index contributed by atoms with van der Waals surface area (Å²) in [5.41, 5.74) is 4.00. The van der Waals surface area contributed by atoms with Crippen molar-refractivity contribution in [3.63, 3.8) is 0 Å². The average molecular weight is 509 g/mol. The Morgan fingerprint density at radius 2 is 1.95 bits per heavy atom. The number of hydrogen-bond acceptors (Lipinski definition) is 7. The van der Waals surface area contributed by atoms with Crippen LogP contribution in [0, 0.1) is 11.7 Å². The maximum absolute atomic E-state index is 16.1. The van der Waals surface area contributed by atoms with Crippen LogP contribution in [0.15, 0.2) is 49.1 Å². The number of H-pyrrole nitrogens is 2. The smallest absolute Gasteiger partial charge is 0.235 e. The molecule has 7 aromatic rings. The zero-order valence-electron chi connectivity index (χ0n) is 19.2. The Kier molecular flexibility index (Phi) is 4.19. The highest BCUT2D eigenvalue weighted by molar-refractivity contribution is 7.24. The normalized spacial score (nSPS) is 14.3. The number of fused-ring (bicyclic) bond motifs is 9. The first-order chi connectivity index (χ1) is 18.2. The summed E-state index contributed by atoms with van der Waals surface area (Å²) in [4.78, 5) is 35.8. The maximum Gasteiger partial charge on any atom is 0.235 e. The van der Waals surface area contributed by atoms with Gasteiger partial charge in [-0.05, 0) is 37.1 Å². The molecule has 7 heterocycles. The van der Waals surface area contributed by atoms with E-state index in [1.54, 1.807) is 35.4 Å². The van der Waals surface area contributed by atoms with Gasteiger partial charge in [-0.25, -0.2) is 9.37 Å². The molecule has 0 aliphatic heterocycles. The fourth-order valence-corrected chi connectivity index (χ4v) is 6.06. The second kappa shape index (κ2) is 7.50. The maximum atomic E-state index is 16.1. The lowest BCUT2D eigenvalue weighted by molar-refractivity contribution is 0.0776. The van der Waals surface area contributed by atoms with Gasteiger partial charge < -0.3 is 4.98 Å². The van der Waals surface area contributed by atoms with Gasteiger partial charge in [-0.15, -0.1) is 11.3 Å². The minimum absolute atomic E-state index is 0.0112. The second-order valence-corrected chi connectivity index (χ2v) is 10.4. The molecule has 0 radical (unpaired) electrons. The molecule has 0 aromatic carbocycles. The summed E-state index contributed by atoms with van der Waals surface area (Å²) >= 11 is 1.46. The van der Waals surface area contributed by atoms with Crippen molar-refractivity contribution in [1.29, 1.82) is 0 Å². The fraction of sp³-hybridized carbons (Fsp3) is 0.154. The number of carbonyl (C=O) groups is 1. The van der Waals surface area contributed by atoms with E-state index < -0.39 is 5.82 Å². The van der Waals surface area contributed by atoms with E-state index in [4.69, 9.17) is 4.98 Å². The molecule has 11 heteroatoms. The predicted octanol–water partition coefficient (Wildman–Crippen LogP) is 5.80. The van der Waals surface area contributed by atoms with Gasteiger partial charge in [0.05, 0.1) is 39.0 Å². The van der Waals surface area contributed by atoms with Crippen LogP contribution in [0.1, 0.15) is 24.1 Å². The number of thiophene rings is 1. The predicted molar refractivity (Wildman–Crippen MR) is 141 cm³/mol. The summed E-state index contributed by atoms with van der Waals surface area (Å²) in [6.45, 7) is 0. The van der Waals surface area contributed by atoms with Crippen molar-refractivity contribution in [1.82, 2.24) is 39.7 Å². The van der Waals surface area contributed by atoms with Crippen LogP contribution in [-0.4, -0.2) is 45.6 Å². The van der Waals surface area contributed by atoms with E-state index in [1.165, 1.54) is 11.3 Å². The molecule has 8 rings (SSSR count). The molecule has 7 aromatic heterocycles. The molecule has 1 fully saturated rings. The van der Waals surface area contributed by atoms with E-state index >= 15 is 4.39 Å². The van der Waals surface area contributed by atoms with Gasteiger partial charge in [-0.3, -0.25) is 29.4 Å². The lowest BCUT2D eigenvalue weighted by Gasteiger charge is -2.24. The van der Waals surface area contributed by atoms with Crippen molar-refractivity contribution in [2.24, 2.45) is 5.92 Å². The Bertz CT molecular complexity index is 2130. The van der Waals surface area contributed by atoms with Gasteiger partial charge in [0.25, 0.3) is 0 Å². The number of nitrogens with one attached hydrogen (secondary N) is 2. The molecule has 0 saturated heterocycles. The first-order valence-electron chi connectivity index (χ1n) is 11.9. The van der Waals surface area contributed by atoms with Gasteiger partial charge in [0.15, 0.2) is 11.5 Å². The summed E-state index contributed by atoms with van der Waals surface area (Å²) in [6.07, 6.45) is 9.19. The summed E-state index contributed by atoms with van der Waals surface area (Å²) in [5.74, 6) is -0.577. The van der Waals surface area contributed by atoms with Gasteiger partial charge >= 0.3 is 0 Å². The van der Waals surface area contributed by atoms with Crippen LogP contribution in [0.5, 0.6) is 0 Å². The number of imidazole rings is 1. The number of aromatic nitrogens is 8. The van der Waals surface area contributed by atoms with Gasteiger partial charge in [-0.1, -0.05) is 6.42 Å². The molecule has 8 bridgehead atoms. The van der Waals surface area contributed by atoms with Crippen LogP contribution >= 0.6 is 11.3 Å². The Morgan fingerprint density at radius 3 is 2.81 bits per heavy atom. The number of aromatic amines is 2. The van der Waals surface area contributed by atoms with E-state index in [0.29, 0.717) is 38.6 Å². The summed E-state index contributed by atoms with van der Waals surface area (Å²) in [5, 5.41) is 7.97. The molecule has 0 unspecified atom stereocenters. The topological polar surface area (TPSA) is 118 Å². The van der Waals surface area contributed by atoms with E-state index in [9.17, 15) is 4.79 Å². The van der Waals surface area contributed by atoms with E-state index in [-0.39, 0.29) is 22.7 Å². The third kappa shape index (κ3) is 2.94. The number of pyridine rings is 3. The van der Waals surface area contributed by atoms with Crippen molar-refractivity contribution >= 4 is 81.8 Å². The second-order valence-electron chi connectivity index (χ2n) is 9.29. The molecular weight excluding hydrogens is 491 g/mol.